The number of sulfonamides is 1. The number of aliphatic carboxylic acids is 1. The van der Waals surface area contributed by atoms with Crippen LogP contribution in [0.25, 0.3) is 0 Å². The van der Waals surface area contributed by atoms with Crippen molar-refractivity contribution in [3.8, 4) is 11.5 Å². The number of hydrogen-bond acceptors (Lipinski definition) is 6. The second-order valence-corrected chi connectivity index (χ2v) is 8.53. The van der Waals surface area contributed by atoms with E-state index in [0.717, 1.165) is 12.0 Å². The highest BCUT2D eigenvalue weighted by Crippen LogP contribution is 2.50. The predicted octanol–water partition coefficient (Wildman–Crippen LogP) is 0.847. The van der Waals surface area contributed by atoms with Crippen LogP contribution in [0.5, 0.6) is 11.5 Å². The third kappa shape index (κ3) is 3.79. The van der Waals surface area contributed by atoms with Gasteiger partial charge in [-0.1, -0.05) is 25.5 Å². The second-order valence-electron chi connectivity index (χ2n) is 6.66. The first-order valence-electron chi connectivity index (χ1n) is 8.64. The molecule has 26 heavy (non-hydrogen) atoms. The molecule has 1 heterocycles. The topological polar surface area (TPSA) is 122 Å². The lowest BCUT2D eigenvalue weighted by molar-refractivity contribution is -0.139. The van der Waals surface area contributed by atoms with Gasteiger partial charge in [0, 0.05) is 17.9 Å². The Bertz CT molecular complexity index is 779. The van der Waals surface area contributed by atoms with Crippen molar-refractivity contribution in [2.75, 3.05) is 12.4 Å². The van der Waals surface area contributed by atoms with Crippen LogP contribution in [0.15, 0.2) is 18.2 Å². The first-order valence-corrected chi connectivity index (χ1v) is 10.3. The van der Waals surface area contributed by atoms with Gasteiger partial charge < -0.3 is 19.7 Å². The Labute approximate surface area is 152 Å². The number of carbonyl (C=O) groups is 1. The van der Waals surface area contributed by atoms with Gasteiger partial charge in [0.2, 0.25) is 10.0 Å². The summed E-state index contributed by atoms with van der Waals surface area (Å²) >= 11 is 0. The van der Waals surface area contributed by atoms with E-state index in [1.165, 1.54) is 0 Å². The van der Waals surface area contributed by atoms with Crippen molar-refractivity contribution in [1.29, 1.82) is 0 Å². The molecule has 1 fully saturated rings. The quantitative estimate of drug-likeness (QED) is 0.606. The SMILES string of the molecule is CCCCS(=O)(=O)NC1C(O)CC2Oc3c(OCC(=O)O)cccc3C21. The smallest absolute Gasteiger partial charge is 0.341 e. The van der Waals surface area contributed by atoms with E-state index in [1.807, 2.05) is 6.92 Å². The molecule has 4 unspecified atom stereocenters. The monoisotopic (exact) mass is 385 g/mol. The summed E-state index contributed by atoms with van der Waals surface area (Å²) in [6.07, 6.45) is 0.369. The highest BCUT2D eigenvalue weighted by atomic mass is 32.2. The number of para-hydroxylation sites is 1. The lowest BCUT2D eigenvalue weighted by atomic mass is 9.94. The summed E-state index contributed by atoms with van der Waals surface area (Å²) in [5, 5.41) is 19.1. The number of hydrogen-bond donors (Lipinski definition) is 3. The molecule has 0 spiro atoms. The van der Waals surface area contributed by atoms with Crippen LogP contribution in [0.2, 0.25) is 0 Å². The number of aliphatic hydroxyl groups excluding tert-OH is 1. The largest absolute Gasteiger partial charge is 0.485 e. The summed E-state index contributed by atoms with van der Waals surface area (Å²) < 4.78 is 38.3. The van der Waals surface area contributed by atoms with Crippen LogP contribution in [0, 0.1) is 0 Å². The predicted molar refractivity (Wildman–Crippen MR) is 93.0 cm³/mol. The van der Waals surface area contributed by atoms with Gasteiger partial charge in [-0.05, 0) is 12.5 Å². The molecule has 144 valence electrons. The fourth-order valence-electron chi connectivity index (χ4n) is 3.60. The van der Waals surface area contributed by atoms with E-state index in [2.05, 4.69) is 4.72 Å². The molecule has 1 aromatic carbocycles. The summed E-state index contributed by atoms with van der Waals surface area (Å²) in [6, 6.07) is 4.42. The number of carboxylic acid groups (broad SMARTS) is 1. The number of ether oxygens (including phenoxy) is 2. The highest BCUT2D eigenvalue weighted by Gasteiger charge is 2.51. The number of fused-ring (bicyclic) bond motifs is 3. The van der Waals surface area contributed by atoms with Gasteiger partial charge in [0.05, 0.1) is 17.9 Å². The van der Waals surface area contributed by atoms with Crippen molar-refractivity contribution < 1.29 is 32.9 Å². The molecule has 3 rings (SSSR count). The standard InChI is InChI=1S/C17H23NO7S/c1-2-3-7-26(22,23)18-16-11(19)8-13-15(16)10-5-4-6-12(17(10)25-13)24-9-14(20)21/h4-6,11,13,15-16,18-19H,2-3,7-9H2,1H3,(H,20,21). The van der Waals surface area contributed by atoms with Crippen LogP contribution in [0.3, 0.4) is 0 Å². The molecular weight excluding hydrogens is 362 g/mol. The Morgan fingerprint density at radius 3 is 2.88 bits per heavy atom. The minimum Gasteiger partial charge on any atom is -0.485 e. The van der Waals surface area contributed by atoms with Gasteiger partial charge in [0.25, 0.3) is 0 Å². The average molecular weight is 385 g/mol. The average Bonchev–Trinajstić information content (AvgIpc) is 3.07. The Kier molecular flexibility index (Phi) is 5.40. The van der Waals surface area contributed by atoms with Crippen LogP contribution in [-0.2, 0) is 14.8 Å². The van der Waals surface area contributed by atoms with Gasteiger partial charge >= 0.3 is 5.97 Å². The fourth-order valence-corrected chi connectivity index (χ4v) is 5.10. The fraction of sp³-hybridized carbons (Fsp3) is 0.588. The zero-order valence-electron chi connectivity index (χ0n) is 14.4. The Hall–Kier alpha value is -1.84. The van der Waals surface area contributed by atoms with Crippen LogP contribution in [0.4, 0.5) is 0 Å². The maximum absolute atomic E-state index is 12.3. The molecule has 0 amide bonds. The zero-order chi connectivity index (χ0) is 18.9. The second kappa shape index (κ2) is 7.42. The maximum Gasteiger partial charge on any atom is 0.341 e. The molecule has 0 saturated heterocycles. The van der Waals surface area contributed by atoms with E-state index < -0.39 is 34.7 Å². The van der Waals surface area contributed by atoms with Crippen molar-refractivity contribution in [1.82, 2.24) is 4.72 Å². The third-order valence-corrected chi connectivity index (χ3v) is 6.20. The third-order valence-electron chi connectivity index (χ3n) is 4.75. The van der Waals surface area contributed by atoms with Crippen molar-refractivity contribution in [3.05, 3.63) is 23.8 Å². The highest BCUT2D eigenvalue weighted by molar-refractivity contribution is 7.89. The summed E-state index contributed by atoms with van der Waals surface area (Å²) in [7, 11) is -3.51. The number of carboxylic acids is 1. The van der Waals surface area contributed by atoms with E-state index >= 15 is 0 Å². The lowest BCUT2D eigenvalue weighted by Crippen LogP contribution is -2.44. The van der Waals surface area contributed by atoms with E-state index in [4.69, 9.17) is 14.6 Å². The Balaban J connectivity index is 1.84. The molecule has 1 aliphatic carbocycles. The van der Waals surface area contributed by atoms with E-state index in [1.54, 1.807) is 18.2 Å². The summed E-state index contributed by atoms with van der Waals surface area (Å²) in [5.41, 5.74) is 0.720. The Morgan fingerprint density at radius 1 is 1.42 bits per heavy atom. The molecule has 1 aliphatic heterocycles. The molecule has 0 radical (unpaired) electrons. The maximum atomic E-state index is 12.3. The first kappa shape index (κ1) is 18.9. The zero-order valence-corrected chi connectivity index (χ0v) is 15.2. The molecular formula is C17H23NO7S. The van der Waals surface area contributed by atoms with Gasteiger partial charge in [-0.2, -0.15) is 0 Å². The van der Waals surface area contributed by atoms with Crippen molar-refractivity contribution in [2.45, 2.75) is 50.4 Å². The molecule has 3 N–H and O–H groups in total. The molecule has 2 aliphatic rings. The van der Waals surface area contributed by atoms with E-state index in [-0.39, 0.29) is 17.8 Å². The molecule has 9 heteroatoms. The molecule has 8 nitrogen and oxygen atoms in total. The minimum absolute atomic E-state index is 0.0135. The van der Waals surface area contributed by atoms with Crippen molar-refractivity contribution in [3.63, 3.8) is 0 Å². The van der Waals surface area contributed by atoms with Crippen LogP contribution < -0.4 is 14.2 Å². The van der Waals surface area contributed by atoms with Gasteiger partial charge in [-0.15, -0.1) is 0 Å². The van der Waals surface area contributed by atoms with Crippen LogP contribution in [-0.4, -0.2) is 55.2 Å². The lowest BCUT2D eigenvalue weighted by Gasteiger charge is -2.22. The summed E-state index contributed by atoms with van der Waals surface area (Å²) in [6.45, 7) is 1.42. The van der Waals surface area contributed by atoms with E-state index in [0.29, 0.717) is 24.3 Å². The number of unbranched alkanes of at least 4 members (excludes halogenated alkanes) is 1. The minimum atomic E-state index is -3.51. The first-order chi connectivity index (χ1) is 12.3. The molecule has 0 bridgehead atoms. The van der Waals surface area contributed by atoms with Gasteiger partial charge in [-0.25, -0.2) is 17.9 Å². The van der Waals surface area contributed by atoms with Crippen molar-refractivity contribution >= 4 is 16.0 Å². The molecule has 4 atom stereocenters. The van der Waals surface area contributed by atoms with Gasteiger partial charge in [-0.3, -0.25) is 0 Å². The van der Waals surface area contributed by atoms with Crippen LogP contribution >= 0.6 is 0 Å². The van der Waals surface area contributed by atoms with Crippen molar-refractivity contribution in [2.24, 2.45) is 0 Å². The van der Waals surface area contributed by atoms with Gasteiger partial charge in [0.15, 0.2) is 18.1 Å². The normalized spacial score (nSPS) is 26.8. The Morgan fingerprint density at radius 2 is 2.19 bits per heavy atom. The van der Waals surface area contributed by atoms with E-state index in [9.17, 15) is 18.3 Å². The number of benzene rings is 1. The molecule has 1 saturated carbocycles. The number of rotatable bonds is 8. The summed E-state index contributed by atoms with van der Waals surface area (Å²) in [5.74, 6) is -0.697. The van der Waals surface area contributed by atoms with Crippen LogP contribution in [0.1, 0.15) is 37.7 Å². The molecule has 0 aromatic heterocycles. The summed E-state index contributed by atoms with van der Waals surface area (Å²) in [4.78, 5) is 10.7. The number of nitrogens with one attached hydrogen (secondary N) is 1. The van der Waals surface area contributed by atoms with Gasteiger partial charge in [0.1, 0.15) is 6.10 Å². The molecule has 1 aromatic rings. The number of aliphatic hydroxyl groups is 1.